The lowest BCUT2D eigenvalue weighted by atomic mass is 10.1. The highest BCUT2D eigenvalue weighted by Gasteiger charge is 2.16. The molecule has 0 spiro atoms. The van der Waals surface area contributed by atoms with E-state index in [1.165, 1.54) is 6.07 Å². The van der Waals surface area contributed by atoms with Crippen LogP contribution in [0.3, 0.4) is 0 Å². The van der Waals surface area contributed by atoms with E-state index in [9.17, 15) is 13.6 Å². The number of amides is 1. The number of pyridine rings is 1. The van der Waals surface area contributed by atoms with Gasteiger partial charge in [-0.15, -0.1) is 0 Å². The molecule has 0 bridgehead atoms. The summed E-state index contributed by atoms with van der Waals surface area (Å²) in [4.78, 5) is 16.0. The molecule has 0 unspecified atom stereocenters. The van der Waals surface area contributed by atoms with Gasteiger partial charge in [0.25, 0.3) is 5.91 Å². The molecular formula is C18H12F2N2O. The van der Waals surface area contributed by atoms with Gasteiger partial charge in [-0.3, -0.25) is 9.78 Å². The van der Waals surface area contributed by atoms with Gasteiger partial charge in [0.05, 0.1) is 0 Å². The van der Waals surface area contributed by atoms with Crippen molar-refractivity contribution in [1.82, 2.24) is 4.98 Å². The maximum atomic E-state index is 13.6. The fraction of sp³-hybridized carbons (Fsp3) is 0. The standard InChI is InChI=1S/C18H12F2N2O/c19-15-4-1-5-16(20)17(15)18(23)22-14-8-6-12(7-9-14)13-3-2-10-21-11-13/h1-11H,(H,22,23). The topological polar surface area (TPSA) is 42.0 Å². The zero-order valence-corrected chi connectivity index (χ0v) is 12.0. The van der Waals surface area contributed by atoms with Crippen LogP contribution in [0, 0.1) is 11.6 Å². The molecule has 23 heavy (non-hydrogen) atoms. The van der Waals surface area contributed by atoms with E-state index in [1.807, 2.05) is 12.1 Å². The van der Waals surface area contributed by atoms with Crippen molar-refractivity contribution in [3.05, 3.63) is 84.2 Å². The summed E-state index contributed by atoms with van der Waals surface area (Å²) < 4.78 is 27.2. The molecular weight excluding hydrogens is 298 g/mol. The quantitative estimate of drug-likeness (QED) is 0.784. The third-order valence-electron chi connectivity index (χ3n) is 3.33. The van der Waals surface area contributed by atoms with Crippen molar-refractivity contribution in [3.8, 4) is 11.1 Å². The lowest BCUT2D eigenvalue weighted by molar-refractivity contribution is 0.101. The highest BCUT2D eigenvalue weighted by Crippen LogP contribution is 2.21. The molecule has 0 aliphatic carbocycles. The van der Waals surface area contributed by atoms with Crippen LogP contribution in [0.25, 0.3) is 11.1 Å². The summed E-state index contributed by atoms with van der Waals surface area (Å²) in [5.41, 5.74) is 1.72. The smallest absolute Gasteiger partial charge is 0.261 e. The number of rotatable bonds is 3. The van der Waals surface area contributed by atoms with E-state index in [-0.39, 0.29) is 0 Å². The summed E-state index contributed by atoms with van der Waals surface area (Å²) in [7, 11) is 0. The highest BCUT2D eigenvalue weighted by atomic mass is 19.1. The number of nitrogens with zero attached hydrogens (tertiary/aromatic N) is 1. The van der Waals surface area contributed by atoms with Gasteiger partial charge in [0, 0.05) is 18.1 Å². The molecule has 1 aromatic heterocycles. The van der Waals surface area contributed by atoms with Crippen LogP contribution in [-0.4, -0.2) is 10.9 Å². The SMILES string of the molecule is O=C(Nc1ccc(-c2cccnc2)cc1)c1c(F)cccc1F. The van der Waals surface area contributed by atoms with E-state index in [0.29, 0.717) is 5.69 Å². The Bertz CT molecular complexity index is 813. The second-order valence-corrected chi connectivity index (χ2v) is 4.87. The van der Waals surface area contributed by atoms with E-state index >= 15 is 0 Å². The van der Waals surface area contributed by atoms with Crippen LogP contribution < -0.4 is 5.32 Å². The van der Waals surface area contributed by atoms with Crippen LogP contribution in [0.4, 0.5) is 14.5 Å². The van der Waals surface area contributed by atoms with E-state index < -0.39 is 23.1 Å². The number of hydrogen-bond donors (Lipinski definition) is 1. The van der Waals surface area contributed by atoms with Crippen LogP contribution in [0.15, 0.2) is 67.0 Å². The molecule has 0 fully saturated rings. The van der Waals surface area contributed by atoms with Crippen molar-refractivity contribution in [3.63, 3.8) is 0 Å². The number of halogens is 2. The van der Waals surface area contributed by atoms with Crippen LogP contribution in [0.5, 0.6) is 0 Å². The lowest BCUT2D eigenvalue weighted by Crippen LogP contribution is -2.15. The van der Waals surface area contributed by atoms with Crippen molar-refractivity contribution in [1.29, 1.82) is 0 Å². The molecule has 114 valence electrons. The fourth-order valence-electron chi connectivity index (χ4n) is 2.19. The van der Waals surface area contributed by atoms with Gasteiger partial charge in [0.2, 0.25) is 0 Å². The normalized spacial score (nSPS) is 10.3. The van der Waals surface area contributed by atoms with Gasteiger partial charge in [-0.2, -0.15) is 0 Å². The summed E-state index contributed by atoms with van der Waals surface area (Å²) in [5, 5.41) is 2.48. The predicted octanol–water partition coefficient (Wildman–Crippen LogP) is 4.28. The molecule has 1 N–H and O–H groups in total. The molecule has 1 heterocycles. The molecule has 0 saturated carbocycles. The third kappa shape index (κ3) is 3.23. The Morgan fingerprint density at radius 2 is 1.57 bits per heavy atom. The first-order valence-electron chi connectivity index (χ1n) is 6.91. The van der Waals surface area contributed by atoms with Crippen molar-refractivity contribution < 1.29 is 13.6 Å². The molecule has 0 aliphatic heterocycles. The van der Waals surface area contributed by atoms with Crippen molar-refractivity contribution in [2.45, 2.75) is 0 Å². The summed E-state index contributed by atoms with van der Waals surface area (Å²) >= 11 is 0. The minimum atomic E-state index is -0.894. The van der Waals surface area contributed by atoms with E-state index in [2.05, 4.69) is 10.3 Å². The zero-order valence-electron chi connectivity index (χ0n) is 12.0. The van der Waals surface area contributed by atoms with E-state index in [0.717, 1.165) is 23.3 Å². The molecule has 3 rings (SSSR count). The molecule has 2 aromatic carbocycles. The third-order valence-corrected chi connectivity index (χ3v) is 3.33. The fourth-order valence-corrected chi connectivity index (χ4v) is 2.19. The summed E-state index contributed by atoms with van der Waals surface area (Å²) in [5.74, 6) is -2.61. The summed E-state index contributed by atoms with van der Waals surface area (Å²) in [6.45, 7) is 0. The van der Waals surface area contributed by atoms with E-state index in [4.69, 9.17) is 0 Å². The minimum absolute atomic E-state index is 0.449. The number of anilines is 1. The van der Waals surface area contributed by atoms with Gasteiger partial charge in [0.15, 0.2) is 0 Å². The molecule has 0 saturated heterocycles. The number of benzene rings is 2. The summed E-state index contributed by atoms with van der Waals surface area (Å²) in [6.07, 6.45) is 3.41. The average molecular weight is 310 g/mol. The maximum Gasteiger partial charge on any atom is 0.261 e. The minimum Gasteiger partial charge on any atom is -0.322 e. The first kappa shape index (κ1) is 14.8. The monoisotopic (exact) mass is 310 g/mol. The summed E-state index contributed by atoms with van der Waals surface area (Å²) in [6, 6.07) is 14.0. The number of carbonyl (C=O) groups is 1. The maximum absolute atomic E-state index is 13.6. The molecule has 1 amide bonds. The first-order chi connectivity index (χ1) is 11.1. The molecule has 0 radical (unpaired) electrons. The van der Waals surface area contributed by atoms with Crippen molar-refractivity contribution >= 4 is 11.6 Å². The zero-order chi connectivity index (χ0) is 16.2. The molecule has 0 aliphatic rings. The van der Waals surface area contributed by atoms with Crippen molar-refractivity contribution in [2.24, 2.45) is 0 Å². The number of nitrogens with one attached hydrogen (secondary N) is 1. The van der Waals surface area contributed by atoms with Crippen LogP contribution in [-0.2, 0) is 0 Å². The van der Waals surface area contributed by atoms with Gasteiger partial charge in [-0.05, 0) is 41.5 Å². The van der Waals surface area contributed by atoms with Crippen LogP contribution in [0.2, 0.25) is 0 Å². The van der Waals surface area contributed by atoms with Crippen molar-refractivity contribution in [2.75, 3.05) is 5.32 Å². The predicted molar refractivity (Wildman–Crippen MR) is 84.0 cm³/mol. The second kappa shape index (κ2) is 6.36. The van der Waals surface area contributed by atoms with Gasteiger partial charge < -0.3 is 5.32 Å². The molecule has 0 atom stereocenters. The molecule has 3 aromatic rings. The Morgan fingerprint density at radius 1 is 0.870 bits per heavy atom. The van der Waals surface area contributed by atoms with E-state index in [1.54, 1.807) is 36.7 Å². The van der Waals surface area contributed by atoms with Gasteiger partial charge in [-0.25, -0.2) is 8.78 Å². The number of hydrogen-bond acceptors (Lipinski definition) is 2. The highest BCUT2D eigenvalue weighted by molar-refractivity contribution is 6.04. The van der Waals surface area contributed by atoms with Gasteiger partial charge >= 0.3 is 0 Å². The second-order valence-electron chi connectivity index (χ2n) is 4.87. The Morgan fingerprint density at radius 3 is 2.17 bits per heavy atom. The number of carbonyl (C=O) groups excluding carboxylic acids is 1. The first-order valence-corrected chi connectivity index (χ1v) is 6.91. The molecule has 3 nitrogen and oxygen atoms in total. The molecule has 5 heteroatoms. The Labute approximate surface area is 131 Å². The lowest BCUT2D eigenvalue weighted by Gasteiger charge is -2.08. The average Bonchev–Trinajstić information content (AvgIpc) is 2.56. The van der Waals surface area contributed by atoms with Crippen LogP contribution in [0.1, 0.15) is 10.4 Å². The van der Waals surface area contributed by atoms with Crippen LogP contribution >= 0.6 is 0 Å². The Hall–Kier alpha value is -3.08. The Kier molecular flexibility index (Phi) is 4.10. The Balaban J connectivity index is 1.80. The number of aromatic nitrogens is 1. The van der Waals surface area contributed by atoms with Gasteiger partial charge in [-0.1, -0.05) is 24.3 Å². The largest absolute Gasteiger partial charge is 0.322 e. The van der Waals surface area contributed by atoms with Gasteiger partial charge in [0.1, 0.15) is 17.2 Å².